The van der Waals surface area contributed by atoms with Crippen LogP contribution < -0.4 is 15.4 Å². The van der Waals surface area contributed by atoms with Gasteiger partial charge in [0.2, 0.25) is 5.78 Å². The largest absolute Gasteiger partial charge is 0.482 e. The second-order valence-electron chi connectivity index (χ2n) is 5.48. The molecule has 0 unspecified atom stereocenters. The number of nitriles is 1. The Morgan fingerprint density at radius 1 is 1.00 bits per heavy atom. The number of anilines is 2. The van der Waals surface area contributed by atoms with E-state index in [0.29, 0.717) is 10.8 Å². The lowest BCUT2D eigenvalue weighted by Crippen LogP contribution is -2.22. The van der Waals surface area contributed by atoms with E-state index in [9.17, 15) is 14.9 Å². The molecule has 1 heterocycles. The molecule has 0 saturated heterocycles. The van der Waals surface area contributed by atoms with E-state index in [1.165, 1.54) is 0 Å². The number of hydrogen-bond acceptors (Lipinski definition) is 7. The molecule has 0 aliphatic carbocycles. The molecule has 2 N–H and O–H groups in total. The third-order valence-electron chi connectivity index (χ3n) is 3.62. The van der Waals surface area contributed by atoms with Crippen molar-refractivity contribution in [1.82, 2.24) is 0 Å². The van der Waals surface area contributed by atoms with Gasteiger partial charge in [0.25, 0.3) is 0 Å². The van der Waals surface area contributed by atoms with E-state index in [0.717, 1.165) is 11.4 Å². The highest BCUT2D eigenvalue weighted by atomic mass is 35.5. The minimum atomic E-state index is -0.726. The van der Waals surface area contributed by atoms with E-state index in [1.54, 1.807) is 24.3 Å². The average molecular weight is 384 g/mol. The van der Waals surface area contributed by atoms with Crippen molar-refractivity contribution in [1.29, 1.82) is 5.26 Å². The Balaban J connectivity index is 1.53. The van der Waals surface area contributed by atoms with Crippen LogP contribution in [-0.2, 0) is 14.3 Å². The summed E-state index contributed by atoms with van der Waals surface area (Å²) >= 11 is 5.76. The predicted octanol–water partition coefficient (Wildman–Crippen LogP) is 3.10. The number of halogens is 1. The number of fused-ring (bicyclic) bond motifs is 1. The van der Waals surface area contributed by atoms with Crippen molar-refractivity contribution in [2.24, 2.45) is 0 Å². The van der Waals surface area contributed by atoms with Crippen LogP contribution in [0, 0.1) is 11.3 Å². The molecule has 0 fully saturated rings. The number of carbonyl (C=O) groups excluding carboxylic acids is 2. The predicted molar refractivity (Wildman–Crippen MR) is 99.2 cm³/mol. The van der Waals surface area contributed by atoms with Crippen molar-refractivity contribution in [2.45, 2.75) is 0 Å². The van der Waals surface area contributed by atoms with Crippen molar-refractivity contribution in [3.63, 3.8) is 0 Å². The van der Waals surface area contributed by atoms with Crippen LogP contribution in [-0.4, -0.2) is 25.0 Å². The summed E-state index contributed by atoms with van der Waals surface area (Å²) in [5, 5.41) is 15.7. The van der Waals surface area contributed by atoms with Crippen molar-refractivity contribution in [2.75, 3.05) is 23.8 Å². The monoisotopic (exact) mass is 383 g/mol. The second-order valence-corrected chi connectivity index (χ2v) is 5.92. The van der Waals surface area contributed by atoms with Gasteiger partial charge in [0.15, 0.2) is 13.2 Å². The molecule has 136 valence electrons. The fourth-order valence-electron chi connectivity index (χ4n) is 2.32. The summed E-state index contributed by atoms with van der Waals surface area (Å²) in [5.41, 5.74) is 1.35. The molecular weight excluding hydrogens is 370 g/mol. The standard InChI is InChI=1S/C19H14ClN3O4/c20-12-5-7-13(8-6-12)26-11-18(25)27-10-17(24)14(9-21)19-22-15-3-1-2-4-16(15)23-19/h1-8,22-23H,10-11H2. The fraction of sp³-hybridized carbons (Fsp3) is 0.105. The molecule has 0 atom stereocenters. The van der Waals surface area contributed by atoms with E-state index in [1.807, 2.05) is 30.3 Å². The number of nitrogens with one attached hydrogen (secondary N) is 2. The Morgan fingerprint density at radius 2 is 1.63 bits per heavy atom. The highest BCUT2D eigenvalue weighted by Crippen LogP contribution is 2.30. The van der Waals surface area contributed by atoms with Gasteiger partial charge in [-0.3, -0.25) is 4.79 Å². The van der Waals surface area contributed by atoms with Crippen LogP contribution in [0.15, 0.2) is 59.9 Å². The zero-order valence-corrected chi connectivity index (χ0v) is 14.7. The number of carbonyl (C=O) groups is 2. The molecule has 7 nitrogen and oxygen atoms in total. The molecule has 2 aromatic carbocycles. The number of Topliss-reactive ketones (excluding diaryl/α,β-unsaturated/α-hetero) is 1. The first-order chi connectivity index (χ1) is 13.1. The van der Waals surface area contributed by atoms with Crippen molar-refractivity contribution in [3.8, 4) is 11.8 Å². The number of para-hydroxylation sites is 2. The van der Waals surface area contributed by atoms with Crippen molar-refractivity contribution < 1.29 is 19.1 Å². The molecule has 2 aromatic rings. The van der Waals surface area contributed by atoms with Crippen LogP contribution in [0.4, 0.5) is 11.4 Å². The third-order valence-corrected chi connectivity index (χ3v) is 3.87. The molecule has 0 bridgehead atoms. The fourth-order valence-corrected chi connectivity index (χ4v) is 2.44. The molecule has 0 amide bonds. The molecule has 0 saturated carbocycles. The number of ketones is 1. The van der Waals surface area contributed by atoms with Crippen LogP contribution in [0.1, 0.15) is 0 Å². The Hall–Kier alpha value is -3.50. The highest BCUT2D eigenvalue weighted by Gasteiger charge is 2.22. The molecule has 8 heteroatoms. The average Bonchev–Trinajstić information content (AvgIpc) is 3.10. The molecule has 1 aliphatic rings. The Kier molecular flexibility index (Phi) is 5.59. The molecule has 27 heavy (non-hydrogen) atoms. The summed E-state index contributed by atoms with van der Waals surface area (Å²) < 4.78 is 10.1. The summed E-state index contributed by atoms with van der Waals surface area (Å²) in [4.78, 5) is 24.0. The van der Waals surface area contributed by atoms with Gasteiger partial charge in [-0.2, -0.15) is 5.26 Å². The van der Waals surface area contributed by atoms with Gasteiger partial charge in [-0.05, 0) is 36.4 Å². The number of benzene rings is 2. The normalized spacial score (nSPS) is 11.5. The number of ether oxygens (including phenoxy) is 2. The Bertz CT molecular complexity index is 921. The lowest BCUT2D eigenvalue weighted by atomic mass is 10.2. The van der Waals surface area contributed by atoms with Gasteiger partial charge >= 0.3 is 5.97 Å². The Morgan fingerprint density at radius 3 is 2.22 bits per heavy atom. The summed E-state index contributed by atoms with van der Waals surface area (Å²) in [6, 6.07) is 15.6. The van der Waals surface area contributed by atoms with E-state index < -0.39 is 18.4 Å². The molecule has 0 radical (unpaired) electrons. The van der Waals surface area contributed by atoms with Crippen LogP contribution in [0.2, 0.25) is 5.02 Å². The van der Waals surface area contributed by atoms with Gasteiger partial charge in [0, 0.05) is 5.02 Å². The summed E-state index contributed by atoms with van der Waals surface area (Å²) in [7, 11) is 0. The van der Waals surface area contributed by atoms with Gasteiger partial charge in [0.05, 0.1) is 11.4 Å². The van der Waals surface area contributed by atoms with E-state index in [2.05, 4.69) is 10.6 Å². The van der Waals surface area contributed by atoms with Gasteiger partial charge in [-0.15, -0.1) is 0 Å². The number of nitrogens with zero attached hydrogens (tertiary/aromatic N) is 1. The summed E-state index contributed by atoms with van der Waals surface area (Å²) in [5.74, 6) is -0.645. The first kappa shape index (κ1) is 18.3. The molecule has 3 rings (SSSR count). The minimum Gasteiger partial charge on any atom is -0.482 e. The highest BCUT2D eigenvalue weighted by molar-refractivity contribution is 6.30. The second kappa shape index (κ2) is 8.25. The lowest BCUT2D eigenvalue weighted by molar-refractivity contribution is -0.149. The van der Waals surface area contributed by atoms with E-state index in [4.69, 9.17) is 21.1 Å². The number of rotatable bonds is 6. The zero-order chi connectivity index (χ0) is 19.2. The smallest absolute Gasteiger partial charge is 0.344 e. The summed E-state index contributed by atoms with van der Waals surface area (Å²) in [6.45, 7) is -0.926. The van der Waals surface area contributed by atoms with Crippen LogP contribution in [0.3, 0.4) is 0 Å². The number of hydrogen-bond donors (Lipinski definition) is 2. The first-order valence-corrected chi connectivity index (χ1v) is 8.29. The lowest BCUT2D eigenvalue weighted by Gasteiger charge is -2.07. The SMILES string of the molecule is N#CC(C(=O)COC(=O)COc1ccc(Cl)cc1)=C1Nc2ccccc2N1. The molecular formula is C19H14ClN3O4. The maximum atomic E-state index is 12.2. The van der Waals surface area contributed by atoms with E-state index in [-0.39, 0.29) is 18.0 Å². The van der Waals surface area contributed by atoms with Crippen LogP contribution >= 0.6 is 11.6 Å². The van der Waals surface area contributed by atoms with Gasteiger partial charge in [-0.25, -0.2) is 4.79 Å². The minimum absolute atomic E-state index is 0.155. The van der Waals surface area contributed by atoms with Gasteiger partial charge in [-0.1, -0.05) is 23.7 Å². The summed E-state index contributed by atoms with van der Waals surface area (Å²) in [6.07, 6.45) is 0. The molecule has 0 aromatic heterocycles. The van der Waals surface area contributed by atoms with E-state index >= 15 is 0 Å². The van der Waals surface area contributed by atoms with Crippen molar-refractivity contribution in [3.05, 3.63) is 64.9 Å². The number of esters is 1. The molecule has 1 aliphatic heterocycles. The van der Waals surface area contributed by atoms with Crippen molar-refractivity contribution >= 4 is 34.7 Å². The van der Waals surface area contributed by atoms with Gasteiger partial charge < -0.3 is 20.1 Å². The van der Waals surface area contributed by atoms with Crippen LogP contribution in [0.25, 0.3) is 0 Å². The first-order valence-electron chi connectivity index (χ1n) is 7.91. The third kappa shape index (κ3) is 4.57. The zero-order valence-electron chi connectivity index (χ0n) is 14.0. The van der Waals surface area contributed by atoms with Gasteiger partial charge in [0.1, 0.15) is 23.2 Å². The maximum Gasteiger partial charge on any atom is 0.344 e. The topological polar surface area (TPSA) is 100 Å². The quantitative estimate of drug-likeness (QED) is 0.449. The maximum absolute atomic E-state index is 12.2. The Labute approximate surface area is 160 Å². The van der Waals surface area contributed by atoms with Crippen LogP contribution in [0.5, 0.6) is 5.75 Å². The molecule has 0 spiro atoms.